The Labute approximate surface area is 122 Å². The molecule has 3 nitrogen and oxygen atoms in total. The van der Waals surface area contributed by atoms with Gasteiger partial charge in [-0.25, -0.2) is 4.79 Å². The summed E-state index contributed by atoms with van der Waals surface area (Å²) in [5.41, 5.74) is 1.47. The summed E-state index contributed by atoms with van der Waals surface area (Å²) < 4.78 is 5.05. The van der Waals surface area contributed by atoms with Crippen molar-refractivity contribution in [2.75, 3.05) is 7.11 Å². The largest absolute Gasteiger partial charge is 0.496 e. The number of carbonyl (C=O) groups is 1. The maximum Gasteiger partial charge on any atom is 0.339 e. The summed E-state index contributed by atoms with van der Waals surface area (Å²) in [6, 6.07) is 13.5. The number of methoxy groups -OCH3 is 1. The van der Waals surface area contributed by atoms with Crippen molar-refractivity contribution in [2.24, 2.45) is 0 Å². The van der Waals surface area contributed by atoms with Crippen LogP contribution in [0.2, 0.25) is 0 Å². The molecule has 0 spiro atoms. The number of ether oxygens (including phenoxy) is 1. The van der Waals surface area contributed by atoms with Crippen LogP contribution >= 0.6 is 11.8 Å². The molecule has 2 aromatic carbocycles. The number of rotatable bonds is 5. The topological polar surface area (TPSA) is 46.5 Å². The summed E-state index contributed by atoms with van der Waals surface area (Å²) in [7, 11) is 1.47. The minimum absolute atomic E-state index is 0.183. The van der Waals surface area contributed by atoms with E-state index in [0.29, 0.717) is 5.75 Å². The van der Waals surface area contributed by atoms with Crippen molar-refractivity contribution in [3.63, 3.8) is 0 Å². The van der Waals surface area contributed by atoms with Crippen LogP contribution in [0.5, 0.6) is 5.75 Å². The molecule has 0 unspecified atom stereocenters. The van der Waals surface area contributed by atoms with E-state index < -0.39 is 5.97 Å². The van der Waals surface area contributed by atoms with Crippen LogP contribution in [0.25, 0.3) is 0 Å². The molecule has 20 heavy (non-hydrogen) atoms. The van der Waals surface area contributed by atoms with E-state index in [4.69, 9.17) is 9.84 Å². The molecule has 1 N–H and O–H groups in total. The molecule has 2 rings (SSSR count). The maximum atomic E-state index is 11.2. The molecular formula is C16H16O3S. The quantitative estimate of drug-likeness (QED) is 0.899. The molecule has 0 aliphatic heterocycles. The lowest BCUT2D eigenvalue weighted by molar-refractivity contribution is 0.0693. The van der Waals surface area contributed by atoms with Gasteiger partial charge < -0.3 is 9.84 Å². The molecule has 104 valence electrons. The van der Waals surface area contributed by atoms with Crippen LogP contribution < -0.4 is 4.74 Å². The summed E-state index contributed by atoms with van der Waals surface area (Å²) in [5, 5.41) is 9.17. The summed E-state index contributed by atoms with van der Waals surface area (Å²) in [6.45, 7) is 2.12. The van der Waals surface area contributed by atoms with Crippen LogP contribution in [0.4, 0.5) is 0 Å². The smallest absolute Gasteiger partial charge is 0.339 e. The van der Waals surface area contributed by atoms with Gasteiger partial charge in [0.05, 0.1) is 7.11 Å². The second kappa shape index (κ2) is 6.48. The van der Waals surface area contributed by atoms with E-state index in [1.54, 1.807) is 12.1 Å². The second-order valence-electron chi connectivity index (χ2n) is 4.27. The first kappa shape index (κ1) is 14.5. The standard InChI is InChI=1S/C16H16O3S/c1-3-11-4-6-12(7-5-11)20-13-8-9-15(19-2)14(10-13)16(17)18/h4-10H,3H2,1-2H3,(H,17,18). The van der Waals surface area contributed by atoms with E-state index in [1.165, 1.54) is 24.4 Å². The van der Waals surface area contributed by atoms with Gasteiger partial charge in [0.1, 0.15) is 11.3 Å². The number of aromatic carboxylic acids is 1. The first-order valence-corrected chi connectivity index (χ1v) is 7.13. The van der Waals surface area contributed by atoms with Gasteiger partial charge in [0.25, 0.3) is 0 Å². The molecule has 0 bridgehead atoms. The van der Waals surface area contributed by atoms with Crippen molar-refractivity contribution in [1.29, 1.82) is 0 Å². The van der Waals surface area contributed by atoms with Gasteiger partial charge in [-0.2, -0.15) is 0 Å². The fourth-order valence-corrected chi connectivity index (χ4v) is 2.70. The fraction of sp³-hybridized carbons (Fsp3) is 0.188. The Morgan fingerprint density at radius 1 is 1.15 bits per heavy atom. The second-order valence-corrected chi connectivity index (χ2v) is 5.41. The molecule has 0 radical (unpaired) electrons. The van der Waals surface area contributed by atoms with Crippen LogP contribution in [0, 0.1) is 0 Å². The molecule has 0 fully saturated rings. The van der Waals surface area contributed by atoms with Gasteiger partial charge >= 0.3 is 5.97 Å². The Bertz CT molecular complexity index is 606. The zero-order valence-corrected chi connectivity index (χ0v) is 12.2. The Morgan fingerprint density at radius 2 is 1.80 bits per heavy atom. The first-order chi connectivity index (χ1) is 9.63. The summed E-state index contributed by atoms with van der Waals surface area (Å²) in [5.74, 6) is -0.603. The van der Waals surface area contributed by atoms with Gasteiger partial charge in [-0.3, -0.25) is 0 Å². The van der Waals surface area contributed by atoms with E-state index in [0.717, 1.165) is 16.2 Å². The summed E-state index contributed by atoms with van der Waals surface area (Å²) in [6.07, 6.45) is 1.01. The highest BCUT2D eigenvalue weighted by Gasteiger charge is 2.12. The third-order valence-electron chi connectivity index (χ3n) is 2.97. The van der Waals surface area contributed by atoms with E-state index >= 15 is 0 Å². The maximum absolute atomic E-state index is 11.2. The lowest BCUT2D eigenvalue weighted by atomic mass is 10.2. The van der Waals surface area contributed by atoms with E-state index in [2.05, 4.69) is 19.1 Å². The minimum atomic E-state index is -0.981. The minimum Gasteiger partial charge on any atom is -0.496 e. The van der Waals surface area contributed by atoms with Gasteiger partial charge in [-0.1, -0.05) is 30.8 Å². The zero-order valence-electron chi connectivity index (χ0n) is 11.4. The van der Waals surface area contributed by atoms with Crippen molar-refractivity contribution in [3.05, 3.63) is 53.6 Å². The first-order valence-electron chi connectivity index (χ1n) is 6.32. The normalized spacial score (nSPS) is 10.3. The van der Waals surface area contributed by atoms with E-state index in [9.17, 15) is 4.79 Å². The van der Waals surface area contributed by atoms with Crippen LogP contribution in [-0.4, -0.2) is 18.2 Å². The van der Waals surface area contributed by atoms with Crippen molar-refractivity contribution in [3.8, 4) is 5.75 Å². The molecule has 0 heterocycles. The van der Waals surface area contributed by atoms with Gasteiger partial charge in [-0.15, -0.1) is 0 Å². The van der Waals surface area contributed by atoms with Gasteiger partial charge in [0.15, 0.2) is 0 Å². The summed E-state index contributed by atoms with van der Waals surface area (Å²) >= 11 is 1.54. The van der Waals surface area contributed by atoms with Crippen LogP contribution in [0.15, 0.2) is 52.3 Å². The predicted octanol–water partition coefficient (Wildman–Crippen LogP) is 4.11. The molecule has 2 aromatic rings. The Hall–Kier alpha value is -1.94. The lowest BCUT2D eigenvalue weighted by Gasteiger charge is -2.08. The van der Waals surface area contributed by atoms with Gasteiger partial charge in [0.2, 0.25) is 0 Å². The molecule has 0 saturated heterocycles. The molecule has 0 aliphatic carbocycles. The summed E-state index contributed by atoms with van der Waals surface area (Å²) in [4.78, 5) is 13.1. The van der Waals surface area contributed by atoms with Gasteiger partial charge in [-0.05, 0) is 42.3 Å². The Kier molecular flexibility index (Phi) is 4.69. The van der Waals surface area contributed by atoms with E-state index in [-0.39, 0.29) is 5.56 Å². The number of carboxylic acids is 1. The average Bonchev–Trinajstić information content (AvgIpc) is 2.48. The number of carboxylic acid groups (broad SMARTS) is 1. The fourth-order valence-electron chi connectivity index (χ4n) is 1.85. The van der Waals surface area contributed by atoms with Crippen LogP contribution in [0.1, 0.15) is 22.8 Å². The average molecular weight is 288 g/mol. The number of hydrogen-bond acceptors (Lipinski definition) is 3. The molecular weight excluding hydrogens is 272 g/mol. The Morgan fingerprint density at radius 3 is 2.35 bits per heavy atom. The molecule has 0 amide bonds. The molecule has 0 saturated carbocycles. The molecule has 0 aromatic heterocycles. The zero-order chi connectivity index (χ0) is 14.5. The number of benzene rings is 2. The van der Waals surface area contributed by atoms with Crippen molar-refractivity contribution in [1.82, 2.24) is 0 Å². The number of hydrogen-bond donors (Lipinski definition) is 1. The molecule has 0 atom stereocenters. The lowest BCUT2D eigenvalue weighted by Crippen LogP contribution is -2.00. The van der Waals surface area contributed by atoms with E-state index in [1.807, 2.05) is 18.2 Å². The molecule has 4 heteroatoms. The van der Waals surface area contributed by atoms with Crippen molar-refractivity contribution < 1.29 is 14.6 Å². The van der Waals surface area contributed by atoms with Gasteiger partial charge in [0, 0.05) is 9.79 Å². The molecule has 0 aliphatic rings. The highest BCUT2D eigenvalue weighted by molar-refractivity contribution is 7.99. The highest BCUT2D eigenvalue weighted by atomic mass is 32.2. The predicted molar refractivity (Wildman–Crippen MR) is 79.9 cm³/mol. The SMILES string of the molecule is CCc1ccc(Sc2ccc(OC)c(C(=O)O)c2)cc1. The van der Waals surface area contributed by atoms with Crippen LogP contribution in [0.3, 0.4) is 0 Å². The monoisotopic (exact) mass is 288 g/mol. The third-order valence-corrected chi connectivity index (χ3v) is 3.97. The van der Waals surface area contributed by atoms with Crippen LogP contribution in [-0.2, 0) is 6.42 Å². The number of aryl methyl sites for hydroxylation is 1. The Balaban J connectivity index is 2.24. The van der Waals surface area contributed by atoms with Crippen molar-refractivity contribution in [2.45, 2.75) is 23.1 Å². The van der Waals surface area contributed by atoms with Crippen molar-refractivity contribution >= 4 is 17.7 Å². The highest BCUT2D eigenvalue weighted by Crippen LogP contribution is 2.31. The third kappa shape index (κ3) is 3.33.